The van der Waals surface area contributed by atoms with Gasteiger partial charge in [0.15, 0.2) is 5.65 Å². The van der Waals surface area contributed by atoms with Crippen LogP contribution in [-0.2, 0) is 0 Å². The first-order chi connectivity index (χ1) is 9.65. The number of carboxylic acid groups (broad SMARTS) is 1. The average molecular weight is 269 g/mol. The third-order valence-corrected chi connectivity index (χ3v) is 2.88. The molecule has 0 aliphatic carbocycles. The Labute approximate surface area is 114 Å². The quantitative estimate of drug-likeness (QED) is 0.790. The fourth-order valence-electron chi connectivity index (χ4n) is 1.91. The molecule has 2 heterocycles. The lowest BCUT2D eigenvalue weighted by Gasteiger charge is -2.10. The topological polar surface area (TPSA) is 76.7 Å². The van der Waals surface area contributed by atoms with Crippen LogP contribution in [0.5, 0.6) is 11.6 Å². The van der Waals surface area contributed by atoms with Crippen molar-refractivity contribution in [3.8, 4) is 11.6 Å². The molecule has 6 nitrogen and oxygen atoms in total. The summed E-state index contributed by atoms with van der Waals surface area (Å²) in [5.41, 5.74) is 1.48. The maximum absolute atomic E-state index is 11.2. The number of para-hydroxylation sites is 1. The van der Waals surface area contributed by atoms with E-state index in [0.29, 0.717) is 17.3 Å². The molecule has 0 saturated heterocycles. The zero-order chi connectivity index (χ0) is 14.1. The number of aromatic nitrogens is 3. The average Bonchev–Trinajstić information content (AvgIpc) is 2.88. The normalized spacial score (nSPS) is 10.7. The van der Waals surface area contributed by atoms with E-state index in [1.165, 1.54) is 6.07 Å². The minimum atomic E-state index is -1.03. The van der Waals surface area contributed by atoms with E-state index >= 15 is 0 Å². The number of carboxylic acids is 1. The fourth-order valence-corrected chi connectivity index (χ4v) is 1.91. The van der Waals surface area contributed by atoms with Crippen LogP contribution >= 0.6 is 0 Å². The van der Waals surface area contributed by atoms with Gasteiger partial charge in [0.1, 0.15) is 11.3 Å². The molecule has 100 valence electrons. The molecule has 0 aliphatic rings. The van der Waals surface area contributed by atoms with Crippen LogP contribution in [0.2, 0.25) is 0 Å². The summed E-state index contributed by atoms with van der Waals surface area (Å²) in [6, 6.07) is 8.35. The monoisotopic (exact) mass is 269 g/mol. The van der Waals surface area contributed by atoms with E-state index in [9.17, 15) is 9.90 Å². The summed E-state index contributed by atoms with van der Waals surface area (Å²) in [6.07, 6.45) is 3.33. The van der Waals surface area contributed by atoms with Gasteiger partial charge in [-0.05, 0) is 18.6 Å². The van der Waals surface area contributed by atoms with Gasteiger partial charge in [-0.2, -0.15) is 10.1 Å². The second-order valence-electron chi connectivity index (χ2n) is 4.26. The van der Waals surface area contributed by atoms with Gasteiger partial charge in [-0.1, -0.05) is 12.1 Å². The van der Waals surface area contributed by atoms with Crippen molar-refractivity contribution >= 4 is 11.6 Å². The summed E-state index contributed by atoms with van der Waals surface area (Å²) >= 11 is 0. The molecule has 0 fully saturated rings. The van der Waals surface area contributed by atoms with Crippen LogP contribution in [0.4, 0.5) is 0 Å². The Morgan fingerprint density at radius 2 is 2.15 bits per heavy atom. The highest BCUT2D eigenvalue weighted by molar-refractivity contribution is 5.91. The van der Waals surface area contributed by atoms with Gasteiger partial charge in [0, 0.05) is 18.3 Å². The van der Waals surface area contributed by atoms with Crippen molar-refractivity contribution in [3.05, 3.63) is 53.9 Å². The second-order valence-corrected chi connectivity index (χ2v) is 4.26. The van der Waals surface area contributed by atoms with Crippen LogP contribution in [0.3, 0.4) is 0 Å². The number of fused-ring (bicyclic) bond motifs is 1. The van der Waals surface area contributed by atoms with Crippen LogP contribution in [0.1, 0.15) is 15.9 Å². The zero-order valence-electron chi connectivity index (χ0n) is 10.6. The van der Waals surface area contributed by atoms with Crippen molar-refractivity contribution in [1.82, 2.24) is 14.6 Å². The number of benzene rings is 1. The molecule has 0 saturated carbocycles. The van der Waals surface area contributed by atoms with E-state index in [0.717, 1.165) is 5.56 Å². The molecule has 0 radical (unpaired) electrons. The molecular formula is C14H11N3O3. The maximum Gasteiger partial charge on any atom is 0.339 e. The third kappa shape index (κ3) is 2.07. The number of rotatable bonds is 3. The smallest absolute Gasteiger partial charge is 0.339 e. The molecule has 0 spiro atoms. The predicted octanol–water partition coefficient (Wildman–Crippen LogP) is 2.53. The van der Waals surface area contributed by atoms with Gasteiger partial charge in [-0.25, -0.2) is 9.31 Å². The van der Waals surface area contributed by atoms with Crippen molar-refractivity contribution in [1.29, 1.82) is 0 Å². The fraction of sp³-hybridized carbons (Fsp3) is 0.0714. The van der Waals surface area contributed by atoms with Gasteiger partial charge in [0.25, 0.3) is 0 Å². The van der Waals surface area contributed by atoms with E-state index < -0.39 is 5.97 Å². The summed E-state index contributed by atoms with van der Waals surface area (Å²) in [5.74, 6) is -0.403. The predicted molar refractivity (Wildman–Crippen MR) is 71.2 cm³/mol. The lowest BCUT2D eigenvalue weighted by atomic mass is 10.1. The molecule has 6 heteroatoms. The highest BCUT2D eigenvalue weighted by Gasteiger charge is 2.14. The van der Waals surface area contributed by atoms with E-state index in [-0.39, 0.29) is 5.56 Å². The second kappa shape index (κ2) is 4.65. The largest absolute Gasteiger partial charge is 0.478 e. The van der Waals surface area contributed by atoms with E-state index in [1.807, 2.05) is 0 Å². The molecule has 1 N–H and O–H groups in total. The molecule has 0 aliphatic heterocycles. The molecular weight excluding hydrogens is 258 g/mol. The number of hydrogen-bond acceptors (Lipinski definition) is 4. The Hall–Kier alpha value is -2.89. The molecule has 3 aromatic rings. The van der Waals surface area contributed by atoms with Crippen molar-refractivity contribution in [3.63, 3.8) is 0 Å². The number of ether oxygens (including phenoxy) is 1. The minimum absolute atomic E-state index is 0.111. The molecule has 2 aromatic heterocycles. The van der Waals surface area contributed by atoms with E-state index in [1.54, 1.807) is 48.1 Å². The highest BCUT2D eigenvalue weighted by Crippen LogP contribution is 2.28. The van der Waals surface area contributed by atoms with Gasteiger partial charge in [0.05, 0.1) is 6.20 Å². The summed E-state index contributed by atoms with van der Waals surface area (Å²) in [7, 11) is 0. The molecule has 3 rings (SSSR count). The SMILES string of the molecule is Cc1cccc(C(=O)O)c1Oc1ccn2nccc2n1. The third-order valence-electron chi connectivity index (χ3n) is 2.88. The molecule has 20 heavy (non-hydrogen) atoms. The zero-order valence-corrected chi connectivity index (χ0v) is 10.6. The van der Waals surface area contributed by atoms with Crippen LogP contribution in [0.15, 0.2) is 42.7 Å². The summed E-state index contributed by atoms with van der Waals surface area (Å²) < 4.78 is 7.25. The number of carbonyl (C=O) groups is 1. The summed E-state index contributed by atoms with van der Waals surface area (Å²) in [5, 5.41) is 13.2. The van der Waals surface area contributed by atoms with Crippen LogP contribution < -0.4 is 4.74 Å². The molecule has 0 bridgehead atoms. The van der Waals surface area contributed by atoms with Crippen LogP contribution in [0.25, 0.3) is 5.65 Å². The first-order valence-corrected chi connectivity index (χ1v) is 5.96. The van der Waals surface area contributed by atoms with Crippen LogP contribution in [-0.4, -0.2) is 25.7 Å². The first-order valence-electron chi connectivity index (χ1n) is 5.96. The Balaban J connectivity index is 2.04. The number of hydrogen-bond donors (Lipinski definition) is 1. The van der Waals surface area contributed by atoms with Gasteiger partial charge >= 0.3 is 5.97 Å². The van der Waals surface area contributed by atoms with E-state index in [4.69, 9.17) is 4.74 Å². The Morgan fingerprint density at radius 3 is 2.95 bits per heavy atom. The molecule has 0 atom stereocenters. The van der Waals surface area contributed by atoms with Crippen LogP contribution in [0, 0.1) is 6.92 Å². The summed E-state index contributed by atoms with van der Waals surface area (Å²) in [6.45, 7) is 1.79. The Morgan fingerprint density at radius 1 is 1.30 bits per heavy atom. The van der Waals surface area contributed by atoms with E-state index in [2.05, 4.69) is 10.1 Å². The lowest BCUT2D eigenvalue weighted by molar-refractivity contribution is 0.0694. The Bertz CT molecular complexity index is 795. The van der Waals surface area contributed by atoms with Gasteiger partial charge in [-0.15, -0.1) is 0 Å². The van der Waals surface area contributed by atoms with Crippen molar-refractivity contribution in [2.45, 2.75) is 6.92 Å². The van der Waals surface area contributed by atoms with Gasteiger partial charge in [0.2, 0.25) is 5.88 Å². The first kappa shape index (κ1) is 12.2. The van der Waals surface area contributed by atoms with Gasteiger partial charge in [-0.3, -0.25) is 0 Å². The van der Waals surface area contributed by atoms with Crippen molar-refractivity contribution in [2.24, 2.45) is 0 Å². The number of aryl methyl sites for hydroxylation is 1. The maximum atomic E-state index is 11.2. The number of nitrogens with zero attached hydrogens (tertiary/aromatic N) is 3. The minimum Gasteiger partial charge on any atom is -0.478 e. The van der Waals surface area contributed by atoms with Crippen molar-refractivity contribution < 1.29 is 14.6 Å². The lowest BCUT2D eigenvalue weighted by Crippen LogP contribution is -2.02. The number of aromatic carboxylic acids is 1. The highest BCUT2D eigenvalue weighted by atomic mass is 16.5. The molecule has 1 aromatic carbocycles. The summed E-state index contributed by atoms with van der Waals surface area (Å²) in [4.78, 5) is 15.5. The van der Waals surface area contributed by atoms with Crippen molar-refractivity contribution in [2.75, 3.05) is 0 Å². The standard InChI is InChI=1S/C14H11N3O3/c1-9-3-2-4-10(14(18)19)13(9)20-12-6-8-17-11(16-12)5-7-15-17/h2-8H,1H3,(H,18,19). The molecule has 0 unspecified atom stereocenters. The van der Waals surface area contributed by atoms with Gasteiger partial charge < -0.3 is 9.84 Å². The Kier molecular flexibility index (Phi) is 2.83. The molecule has 0 amide bonds.